The predicted octanol–water partition coefficient (Wildman–Crippen LogP) is 4.60. The molecule has 1 N–H and O–H groups in total. The summed E-state index contributed by atoms with van der Waals surface area (Å²) < 4.78 is 41.9. The summed E-state index contributed by atoms with van der Waals surface area (Å²) in [6, 6.07) is 1.66. The van der Waals surface area contributed by atoms with Crippen LogP contribution in [0.4, 0.5) is 19.0 Å². The number of hydrogen-bond donors (Lipinski definition) is 1. The molecular formula is C20H18ClF3N8OS. The molecule has 1 atom stereocenters. The zero-order valence-electron chi connectivity index (χ0n) is 18.1. The van der Waals surface area contributed by atoms with Crippen molar-refractivity contribution >= 4 is 45.6 Å². The number of thiazole rings is 1. The summed E-state index contributed by atoms with van der Waals surface area (Å²) in [6.45, 7) is 4.16. The molecule has 1 aromatic carbocycles. The van der Waals surface area contributed by atoms with Crippen LogP contribution in [0.5, 0.6) is 0 Å². The monoisotopic (exact) mass is 510 g/mol. The number of rotatable bonds is 6. The van der Waals surface area contributed by atoms with Gasteiger partial charge in [-0.05, 0) is 26.0 Å². The van der Waals surface area contributed by atoms with Gasteiger partial charge in [0.1, 0.15) is 23.3 Å². The highest BCUT2D eigenvalue weighted by molar-refractivity contribution is 7.16. The van der Waals surface area contributed by atoms with Crippen molar-refractivity contribution in [3.8, 4) is 5.13 Å². The van der Waals surface area contributed by atoms with Crippen LogP contribution in [0, 0.1) is 0 Å². The highest BCUT2D eigenvalue weighted by atomic mass is 35.5. The molecule has 0 saturated carbocycles. The third kappa shape index (κ3) is 4.53. The standard InChI is InChI=1S/C20H18ClF3N8OS/c1-4-31(3)18(33)14-7-25-19(34-14)32-17(28-9-29-32)10(2)30-16-12-5-11(21)6-13(20(22,23)24)15(12)26-8-27-16/h5-10H,4H2,1-3H3,(H,26,27,30)/t10-/m0/s1. The number of benzene rings is 1. The molecule has 0 bridgehead atoms. The quantitative estimate of drug-likeness (QED) is 0.404. The Morgan fingerprint density at radius 1 is 1.24 bits per heavy atom. The number of aromatic nitrogens is 6. The van der Waals surface area contributed by atoms with Gasteiger partial charge in [0.25, 0.3) is 5.91 Å². The van der Waals surface area contributed by atoms with Crippen molar-refractivity contribution in [1.82, 2.24) is 34.6 Å². The SMILES string of the molecule is CCN(C)C(=O)c1cnc(-n2ncnc2[C@H](C)Nc2ncnc3c(C(F)(F)F)cc(Cl)cc23)s1. The van der Waals surface area contributed by atoms with Crippen molar-refractivity contribution in [3.05, 3.63) is 52.3 Å². The van der Waals surface area contributed by atoms with Gasteiger partial charge in [0.2, 0.25) is 5.13 Å². The van der Waals surface area contributed by atoms with Crippen molar-refractivity contribution < 1.29 is 18.0 Å². The van der Waals surface area contributed by atoms with E-state index in [-0.39, 0.29) is 27.7 Å². The normalized spacial score (nSPS) is 12.7. The zero-order valence-corrected chi connectivity index (χ0v) is 19.7. The Labute approximate surface area is 200 Å². The molecule has 9 nitrogen and oxygen atoms in total. The lowest BCUT2D eigenvalue weighted by molar-refractivity contribution is -0.136. The first-order valence-electron chi connectivity index (χ1n) is 9.99. The summed E-state index contributed by atoms with van der Waals surface area (Å²) in [7, 11) is 1.69. The molecule has 0 saturated heterocycles. The molecule has 4 aromatic rings. The topological polar surface area (TPSA) is 102 Å². The average Bonchev–Trinajstić information content (AvgIpc) is 3.47. The molecule has 3 heterocycles. The van der Waals surface area contributed by atoms with E-state index in [4.69, 9.17) is 11.6 Å². The van der Waals surface area contributed by atoms with Gasteiger partial charge in [-0.15, -0.1) is 0 Å². The Morgan fingerprint density at radius 2 is 2.00 bits per heavy atom. The Kier molecular flexibility index (Phi) is 6.41. The first-order valence-corrected chi connectivity index (χ1v) is 11.2. The maximum absolute atomic E-state index is 13.5. The van der Waals surface area contributed by atoms with Crippen LogP contribution in [0.15, 0.2) is 31.0 Å². The molecule has 4 rings (SSSR count). The van der Waals surface area contributed by atoms with Crippen molar-refractivity contribution in [2.45, 2.75) is 26.1 Å². The summed E-state index contributed by atoms with van der Waals surface area (Å²) in [5.41, 5.74) is -1.22. The lowest BCUT2D eigenvalue weighted by Gasteiger charge is -2.17. The molecule has 14 heteroatoms. The van der Waals surface area contributed by atoms with E-state index < -0.39 is 17.8 Å². The van der Waals surface area contributed by atoms with Crippen molar-refractivity contribution in [3.63, 3.8) is 0 Å². The number of carbonyl (C=O) groups excluding carboxylic acids is 1. The number of alkyl halides is 3. The van der Waals surface area contributed by atoms with Crippen molar-refractivity contribution in [1.29, 1.82) is 0 Å². The zero-order chi connectivity index (χ0) is 24.6. The molecule has 34 heavy (non-hydrogen) atoms. The second kappa shape index (κ2) is 9.14. The van der Waals surface area contributed by atoms with Gasteiger partial charge >= 0.3 is 6.18 Å². The van der Waals surface area contributed by atoms with E-state index in [1.165, 1.54) is 23.3 Å². The van der Waals surface area contributed by atoms with E-state index in [2.05, 4.69) is 30.4 Å². The molecule has 0 aliphatic rings. The van der Waals surface area contributed by atoms with Crippen LogP contribution in [0.2, 0.25) is 5.02 Å². The molecule has 0 spiro atoms. The third-order valence-corrected chi connectivity index (χ3v) is 6.21. The van der Waals surface area contributed by atoms with Gasteiger partial charge in [0, 0.05) is 24.0 Å². The van der Waals surface area contributed by atoms with Crippen molar-refractivity contribution in [2.24, 2.45) is 0 Å². The van der Waals surface area contributed by atoms with Crippen LogP contribution in [-0.2, 0) is 6.18 Å². The number of nitrogens with one attached hydrogen (secondary N) is 1. The van der Waals surface area contributed by atoms with E-state index in [1.807, 2.05) is 6.92 Å². The van der Waals surface area contributed by atoms with Crippen LogP contribution in [-0.4, -0.2) is 54.1 Å². The maximum atomic E-state index is 13.5. The fourth-order valence-electron chi connectivity index (χ4n) is 3.22. The fourth-order valence-corrected chi connectivity index (χ4v) is 4.32. The van der Waals surface area contributed by atoms with Crippen LogP contribution < -0.4 is 5.32 Å². The van der Waals surface area contributed by atoms with E-state index in [0.717, 1.165) is 23.7 Å². The first kappa shape index (κ1) is 23.8. The molecular weight excluding hydrogens is 493 g/mol. The fraction of sp³-hybridized carbons (Fsp3) is 0.300. The summed E-state index contributed by atoms with van der Waals surface area (Å²) in [4.78, 5) is 30.9. The van der Waals surface area contributed by atoms with E-state index >= 15 is 0 Å². The molecule has 0 fully saturated rings. The number of halogens is 4. The van der Waals surface area contributed by atoms with Crippen LogP contribution in [0.1, 0.15) is 40.9 Å². The van der Waals surface area contributed by atoms with E-state index in [0.29, 0.717) is 22.4 Å². The summed E-state index contributed by atoms with van der Waals surface area (Å²) in [5, 5.41) is 7.70. The number of fused-ring (bicyclic) bond motifs is 1. The minimum atomic E-state index is -4.63. The molecule has 3 aromatic heterocycles. The second-order valence-electron chi connectivity index (χ2n) is 7.29. The number of amides is 1. The number of hydrogen-bond acceptors (Lipinski definition) is 8. The summed E-state index contributed by atoms with van der Waals surface area (Å²) in [5.74, 6) is 0.408. The number of anilines is 1. The van der Waals surface area contributed by atoms with Crippen LogP contribution in [0.3, 0.4) is 0 Å². The summed E-state index contributed by atoms with van der Waals surface area (Å²) in [6.07, 6.45) is -0.789. The largest absolute Gasteiger partial charge is 0.418 e. The Hall–Kier alpha value is -3.32. The summed E-state index contributed by atoms with van der Waals surface area (Å²) >= 11 is 7.11. The second-order valence-corrected chi connectivity index (χ2v) is 8.74. The van der Waals surface area contributed by atoms with Gasteiger partial charge in [0.05, 0.1) is 23.3 Å². The Balaban J connectivity index is 1.67. The molecule has 178 valence electrons. The van der Waals surface area contributed by atoms with Crippen molar-refractivity contribution in [2.75, 3.05) is 18.9 Å². The Morgan fingerprint density at radius 3 is 2.71 bits per heavy atom. The van der Waals surface area contributed by atoms with Crippen LogP contribution >= 0.6 is 22.9 Å². The van der Waals surface area contributed by atoms with E-state index in [1.54, 1.807) is 18.9 Å². The predicted molar refractivity (Wildman–Crippen MR) is 121 cm³/mol. The highest BCUT2D eigenvalue weighted by Crippen LogP contribution is 2.38. The van der Waals surface area contributed by atoms with Gasteiger partial charge in [-0.3, -0.25) is 4.79 Å². The molecule has 0 aliphatic carbocycles. The average molecular weight is 511 g/mol. The van der Waals surface area contributed by atoms with E-state index in [9.17, 15) is 18.0 Å². The van der Waals surface area contributed by atoms with Crippen LogP contribution in [0.25, 0.3) is 16.0 Å². The maximum Gasteiger partial charge on any atom is 0.418 e. The Bertz CT molecular complexity index is 1360. The molecule has 0 unspecified atom stereocenters. The lowest BCUT2D eigenvalue weighted by atomic mass is 10.1. The third-order valence-electron chi connectivity index (χ3n) is 5.03. The lowest BCUT2D eigenvalue weighted by Crippen LogP contribution is -2.25. The smallest absolute Gasteiger partial charge is 0.360 e. The molecule has 1 amide bonds. The molecule has 0 radical (unpaired) electrons. The minimum absolute atomic E-state index is 0.0921. The highest BCUT2D eigenvalue weighted by Gasteiger charge is 2.34. The number of nitrogens with zero attached hydrogens (tertiary/aromatic N) is 7. The molecule has 0 aliphatic heterocycles. The van der Waals surface area contributed by atoms with Gasteiger partial charge in [0.15, 0.2) is 5.82 Å². The van der Waals surface area contributed by atoms with Gasteiger partial charge < -0.3 is 10.2 Å². The van der Waals surface area contributed by atoms with Gasteiger partial charge in [-0.25, -0.2) is 19.9 Å². The first-order chi connectivity index (χ1) is 16.1. The number of carbonyl (C=O) groups is 1. The van der Waals surface area contributed by atoms with Gasteiger partial charge in [-0.1, -0.05) is 22.9 Å². The van der Waals surface area contributed by atoms with Gasteiger partial charge in [-0.2, -0.15) is 23.0 Å². The minimum Gasteiger partial charge on any atom is -0.360 e.